The lowest BCUT2D eigenvalue weighted by Gasteiger charge is -2.27. The Morgan fingerprint density at radius 1 is 1.16 bits per heavy atom. The number of carbonyl (C=O) groups excluding carboxylic acids is 1. The molecule has 230 valence electrons. The van der Waals surface area contributed by atoms with Crippen LogP contribution in [0.1, 0.15) is 38.8 Å². The molecule has 1 N–H and O–H groups in total. The molecule has 3 aromatic heterocycles. The van der Waals surface area contributed by atoms with Gasteiger partial charge in [0, 0.05) is 24.3 Å². The summed E-state index contributed by atoms with van der Waals surface area (Å²) in [5.74, 6) is -0.792. The highest BCUT2D eigenvalue weighted by atomic mass is 32.1. The summed E-state index contributed by atoms with van der Waals surface area (Å²) in [7, 11) is 2.93. The highest BCUT2D eigenvalue weighted by Gasteiger charge is 2.36. The summed E-state index contributed by atoms with van der Waals surface area (Å²) in [5, 5.41) is 16.1. The molecular formula is C28H34FN7O6S. The SMILES string of the molecule is COCCO/N=C(/Cn1c(=O)n(C(C)(C)C(=O)NC(C)C)c(=O)c2c(C)c(-n3nccn3)sc21)c1cc(F)ccc1OC. The van der Waals surface area contributed by atoms with Gasteiger partial charge in [0.25, 0.3) is 5.56 Å². The first-order valence-corrected chi connectivity index (χ1v) is 14.2. The highest BCUT2D eigenvalue weighted by Crippen LogP contribution is 2.31. The van der Waals surface area contributed by atoms with E-state index in [4.69, 9.17) is 14.3 Å². The molecule has 1 amide bonds. The van der Waals surface area contributed by atoms with E-state index in [9.17, 15) is 18.8 Å². The number of ether oxygens (including phenoxy) is 2. The number of methoxy groups -OCH3 is 2. The first-order chi connectivity index (χ1) is 20.4. The van der Waals surface area contributed by atoms with E-state index in [-0.39, 0.29) is 53.0 Å². The van der Waals surface area contributed by atoms with Crippen LogP contribution in [0.4, 0.5) is 4.39 Å². The second kappa shape index (κ2) is 12.9. The number of aromatic nitrogens is 5. The number of nitrogens with zero attached hydrogens (tertiary/aromatic N) is 6. The van der Waals surface area contributed by atoms with Gasteiger partial charge in [0.1, 0.15) is 39.3 Å². The van der Waals surface area contributed by atoms with Crippen molar-refractivity contribution in [1.82, 2.24) is 29.4 Å². The van der Waals surface area contributed by atoms with Gasteiger partial charge in [-0.05, 0) is 52.8 Å². The molecule has 15 heteroatoms. The molecule has 43 heavy (non-hydrogen) atoms. The van der Waals surface area contributed by atoms with Crippen molar-refractivity contribution in [3.63, 3.8) is 0 Å². The number of fused-ring (bicyclic) bond motifs is 1. The van der Waals surface area contributed by atoms with Gasteiger partial charge in [0.2, 0.25) is 5.91 Å². The third-order valence-corrected chi connectivity index (χ3v) is 7.94. The van der Waals surface area contributed by atoms with E-state index < -0.39 is 28.5 Å². The number of oxime groups is 1. The minimum Gasteiger partial charge on any atom is -0.496 e. The molecule has 0 radical (unpaired) electrons. The van der Waals surface area contributed by atoms with Crippen molar-refractivity contribution in [1.29, 1.82) is 0 Å². The maximum Gasteiger partial charge on any atom is 0.333 e. The maximum absolute atomic E-state index is 14.5. The zero-order valence-electron chi connectivity index (χ0n) is 25.0. The second-order valence-corrected chi connectivity index (χ2v) is 11.4. The molecule has 4 rings (SSSR count). The molecule has 0 aliphatic rings. The zero-order valence-corrected chi connectivity index (χ0v) is 25.8. The lowest BCUT2D eigenvalue weighted by molar-refractivity contribution is -0.129. The Morgan fingerprint density at radius 2 is 1.86 bits per heavy atom. The van der Waals surface area contributed by atoms with Gasteiger partial charge in [-0.15, -0.1) is 4.80 Å². The number of amides is 1. The van der Waals surface area contributed by atoms with Crippen molar-refractivity contribution in [2.24, 2.45) is 5.16 Å². The van der Waals surface area contributed by atoms with Crippen molar-refractivity contribution in [2.45, 2.75) is 52.7 Å². The number of hydrogen-bond donors (Lipinski definition) is 1. The van der Waals surface area contributed by atoms with Gasteiger partial charge in [-0.2, -0.15) is 10.2 Å². The average Bonchev–Trinajstić information content (AvgIpc) is 3.60. The Kier molecular flexibility index (Phi) is 9.45. The van der Waals surface area contributed by atoms with Crippen LogP contribution in [-0.2, 0) is 26.5 Å². The fourth-order valence-corrected chi connectivity index (χ4v) is 5.69. The van der Waals surface area contributed by atoms with Crippen LogP contribution in [0.2, 0.25) is 0 Å². The molecular weight excluding hydrogens is 581 g/mol. The molecule has 3 heterocycles. The van der Waals surface area contributed by atoms with Gasteiger partial charge in [-0.25, -0.2) is 13.8 Å². The molecule has 1 aromatic carbocycles. The smallest absolute Gasteiger partial charge is 0.333 e. The topological polar surface area (TPSA) is 144 Å². The summed E-state index contributed by atoms with van der Waals surface area (Å²) in [6.07, 6.45) is 2.99. The van der Waals surface area contributed by atoms with Crippen molar-refractivity contribution in [2.75, 3.05) is 27.4 Å². The molecule has 13 nitrogen and oxygen atoms in total. The summed E-state index contributed by atoms with van der Waals surface area (Å²) >= 11 is 1.12. The molecule has 0 fully saturated rings. The Morgan fingerprint density at radius 3 is 2.49 bits per heavy atom. The quantitative estimate of drug-likeness (QED) is 0.146. The molecule has 0 bridgehead atoms. The minimum absolute atomic E-state index is 0.0804. The lowest BCUT2D eigenvalue weighted by atomic mass is 10.0. The van der Waals surface area contributed by atoms with Crippen LogP contribution in [0.15, 0.2) is 45.3 Å². The van der Waals surface area contributed by atoms with Crippen LogP contribution in [-0.4, -0.2) is 69.2 Å². The summed E-state index contributed by atoms with van der Waals surface area (Å²) in [4.78, 5) is 48.8. The van der Waals surface area contributed by atoms with Gasteiger partial charge in [-0.3, -0.25) is 14.2 Å². The van der Waals surface area contributed by atoms with Crippen LogP contribution in [0.3, 0.4) is 0 Å². The number of nitrogens with one attached hydrogen (secondary N) is 1. The summed E-state index contributed by atoms with van der Waals surface area (Å²) in [6, 6.07) is 3.65. The molecule has 4 aromatic rings. The summed E-state index contributed by atoms with van der Waals surface area (Å²) < 4.78 is 27.2. The number of carbonyl (C=O) groups is 1. The number of hydrogen-bond acceptors (Lipinski definition) is 10. The number of benzene rings is 1. The van der Waals surface area contributed by atoms with Crippen LogP contribution >= 0.6 is 11.3 Å². The van der Waals surface area contributed by atoms with E-state index in [1.807, 2.05) is 0 Å². The van der Waals surface area contributed by atoms with Crippen molar-refractivity contribution >= 4 is 33.2 Å². The molecule has 0 spiro atoms. The van der Waals surface area contributed by atoms with Crippen molar-refractivity contribution in [3.05, 3.63) is 68.4 Å². The van der Waals surface area contributed by atoms with Crippen LogP contribution in [0.25, 0.3) is 15.2 Å². The Labute approximate surface area is 250 Å². The molecule has 0 atom stereocenters. The average molecular weight is 616 g/mol. The summed E-state index contributed by atoms with van der Waals surface area (Å²) in [5.41, 5.74) is -2.13. The van der Waals surface area contributed by atoms with E-state index in [0.29, 0.717) is 10.6 Å². The number of halogens is 1. The van der Waals surface area contributed by atoms with Gasteiger partial charge in [0.05, 0.1) is 38.0 Å². The number of thiophene rings is 1. The van der Waals surface area contributed by atoms with Crippen LogP contribution in [0, 0.1) is 12.7 Å². The Hall–Kier alpha value is -4.37. The van der Waals surface area contributed by atoms with E-state index in [1.54, 1.807) is 20.8 Å². The van der Waals surface area contributed by atoms with Crippen molar-refractivity contribution < 1.29 is 23.5 Å². The molecule has 0 saturated heterocycles. The fraction of sp³-hybridized carbons (Fsp3) is 0.429. The molecule has 0 aliphatic carbocycles. The summed E-state index contributed by atoms with van der Waals surface area (Å²) in [6.45, 7) is 8.33. The molecule has 0 saturated carbocycles. The van der Waals surface area contributed by atoms with E-state index in [2.05, 4.69) is 20.7 Å². The lowest BCUT2D eigenvalue weighted by Crippen LogP contribution is -2.56. The van der Waals surface area contributed by atoms with E-state index in [1.165, 1.54) is 68.0 Å². The maximum atomic E-state index is 14.5. The van der Waals surface area contributed by atoms with Crippen LogP contribution in [0.5, 0.6) is 5.75 Å². The first kappa shape index (κ1) is 31.6. The van der Waals surface area contributed by atoms with Crippen molar-refractivity contribution in [3.8, 4) is 10.8 Å². The standard InChI is InChI=1S/C28H34FN7O6S/c1-16(2)32-26(38)28(4,5)35-23(37)22-17(3)24(36-30-10-11-31-36)43-25(22)34(27(35)39)15-20(33-42-13-12-40-6)19-14-18(29)8-9-21(19)41-7/h8-11,14,16H,12-13,15H2,1-7H3,(H,32,38)/b33-20-. The largest absolute Gasteiger partial charge is 0.496 e. The zero-order chi connectivity index (χ0) is 31.5. The third-order valence-electron chi connectivity index (χ3n) is 6.66. The number of aryl methyl sites for hydroxylation is 1. The molecule has 0 unspecified atom stereocenters. The fourth-order valence-electron chi connectivity index (χ4n) is 4.48. The Bertz CT molecular complexity index is 1770. The predicted octanol–water partition coefficient (Wildman–Crippen LogP) is 2.59. The van der Waals surface area contributed by atoms with E-state index in [0.717, 1.165) is 15.9 Å². The minimum atomic E-state index is -1.59. The third kappa shape index (κ3) is 6.22. The van der Waals surface area contributed by atoms with Gasteiger partial charge in [0.15, 0.2) is 0 Å². The van der Waals surface area contributed by atoms with Crippen LogP contribution < -0.4 is 21.3 Å². The normalized spacial score (nSPS) is 12.3. The first-order valence-electron chi connectivity index (χ1n) is 13.4. The predicted molar refractivity (Wildman–Crippen MR) is 160 cm³/mol. The van der Waals surface area contributed by atoms with Gasteiger partial charge < -0.3 is 19.6 Å². The van der Waals surface area contributed by atoms with E-state index >= 15 is 0 Å². The Balaban J connectivity index is 2.04. The second-order valence-electron chi connectivity index (χ2n) is 10.4. The van der Waals surface area contributed by atoms with Gasteiger partial charge in [-0.1, -0.05) is 16.5 Å². The monoisotopic (exact) mass is 615 g/mol. The van der Waals surface area contributed by atoms with Gasteiger partial charge >= 0.3 is 5.69 Å². The highest BCUT2D eigenvalue weighted by molar-refractivity contribution is 7.21. The number of rotatable bonds is 12. The molecule has 0 aliphatic heterocycles.